The average Bonchev–Trinajstić information content (AvgIpc) is 0.700. The van der Waals surface area contributed by atoms with Crippen LogP contribution in [0.4, 0.5) is 0 Å². The Labute approximate surface area is 675 Å². The highest BCUT2D eigenvalue weighted by atomic mass is 14.2. The van der Waals surface area contributed by atoms with Crippen LogP contribution < -0.4 is 0 Å². The van der Waals surface area contributed by atoms with Crippen molar-refractivity contribution < 1.29 is 50.7 Å². The van der Waals surface area contributed by atoms with E-state index in [1.165, 1.54) is 29.8 Å². The molecule has 528 valence electrons. The minimum absolute atomic E-state index is 0.197. The van der Waals surface area contributed by atoms with Gasteiger partial charge in [0.05, 0.1) is 0 Å². The van der Waals surface area contributed by atoms with E-state index in [-0.39, 0.29) is 16.7 Å². The molecular formula is C103H116. The number of hydrogen-bond donors (Lipinski definition) is 0. The molecule has 0 aromatic heterocycles. The van der Waals surface area contributed by atoms with Gasteiger partial charge in [0.2, 0.25) is 0 Å². The van der Waals surface area contributed by atoms with Gasteiger partial charge in [-0.1, -0.05) is 424 Å². The predicted molar refractivity (Wildman–Crippen MR) is 455 cm³/mol. The van der Waals surface area contributed by atoms with E-state index >= 15 is 0 Å². The van der Waals surface area contributed by atoms with Crippen LogP contribution in [0.5, 0.6) is 0 Å². The third kappa shape index (κ3) is 25.7. The molecule has 0 heteroatoms. The fourth-order valence-corrected chi connectivity index (χ4v) is 11.0. The first-order chi connectivity index (χ1) is 64.1. The van der Waals surface area contributed by atoms with Crippen LogP contribution in [0.1, 0.15) is 210 Å². The van der Waals surface area contributed by atoms with Crippen molar-refractivity contribution in [2.75, 3.05) is 0 Å². The molecule has 0 amide bonds. The second-order valence-electron chi connectivity index (χ2n) is 25.6. The zero-order chi connectivity index (χ0) is 106. The van der Waals surface area contributed by atoms with E-state index in [9.17, 15) is 0 Å². The zero-order valence-electron chi connectivity index (χ0n) is 97.0. The lowest BCUT2D eigenvalue weighted by atomic mass is 9.81. The van der Waals surface area contributed by atoms with Crippen LogP contribution in [0.25, 0.3) is 66.8 Å². The highest BCUT2D eigenvalue weighted by molar-refractivity contribution is 5.71. The molecule has 0 spiro atoms. The summed E-state index contributed by atoms with van der Waals surface area (Å²) < 4.78 is 287. The molecule has 0 unspecified atom stereocenters. The second kappa shape index (κ2) is 38.2. The Morgan fingerprint density at radius 1 is 0.233 bits per heavy atom. The normalized spacial score (nSPS) is 17.7. The molecule has 13 rings (SSSR count). The molecule has 0 saturated heterocycles. The summed E-state index contributed by atoms with van der Waals surface area (Å²) in [6.07, 6.45) is 0. The van der Waals surface area contributed by atoms with Crippen molar-refractivity contribution in [3.63, 3.8) is 0 Å². The van der Waals surface area contributed by atoms with Crippen molar-refractivity contribution in [1.82, 2.24) is 0 Å². The Morgan fingerprint density at radius 3 is 1.05 bits per heavy atom. The van der Waals surface area contributed by atoms with Crippen molar-refractivity contribution >= 4 is 0 Å². The maximum atomic E-state index is 7.91. The van der Waals surface area contributed by atoms with E-state index in [0.29, 0.717) is 44.5 Å². The summed E-state index contributed by atoms with van der Waals surface area (Å²) in [5, 5.41) is 0. The smallest absolute Gasteiger partial charge is 0.0347 e. The number of rotatable bonds is 7. The first-order valence-corrected chi connectivity index (χ1v) is 33.7. The van der Waals surface area contributed by atoms with Crippen LogP contribution in [0.2, 0.25) is 0 Å². The average molecular weight is 1390 g/mol. The number of hydrogen-bond acceptors (Lipinski definition) is 0. The summed E-state index contributed by atoms with van der Waals surface area (Å²) in [4.78, 5) is 0. The van der Waals surface area contributed by atoms with Gasteiger partial charge in [0.25, 0.3) is 0 Å². The zero-order valence-corrected chi connectivity index (χ0v) is 60.0. The summed E-state index contributed by atoms with van der Waals surface area (Å²) in [5.41, 5.74) is 8.18. The Bertz CT molecular complexity index is 6050. The fraction of sp³-hybridized carbons (Fsp3) is 0.243. The van der Waals surface area contributed by atoms with Gasteiger partial charge in [0.15, 0.2) is 0 Å². The molecule has 103 heavy (non-hydrogen) atoms. The minimum atomic E-state index is -3.28. The van der Waals surface area contributed by atoms with Crippen molar-refractivity contribution in [3.8, 4) is 66.8 Å². The molecule has 0 bridgehead atoms. The first kappa shape index (κ1) is 42.5. The molecule has 0 N–H and O–H groups in total. The van der Waals surface area contributed by atoms with Crippen LogP contribution in [0.15, 0.2) is 315 Å². The molecule has 0 aliphatic heterocycles. The van der Waals surface area contributed by atoms with Gasteiger partial charge in [-0.3, -0.25) is 0 Å². The SMILES string of the molecule is [2H]C(C)(C)c1ccc(C)cc1.[2H]C([2H])([2H])C(c1cc(C)cc(-c2ccccc2)c1)(C([2H])([2H])[2H])C([2H])([2H])[2H].[2H]C([2H])([2H])C(c1ccc(-c2ccccc2)cc1C)(C([2H])([2H])[2H])C([2H])([2H])[2H].[2H]C([2H])([2H])C(c1ccc(C)cc1-c1ccccc1)(C([2H])([2H])[2H])C([2H])([2H])[2H].[2H]C([2H])([2H])c1cc(C)cc(-c2ccccc2)c1.[2H]C([2H])([2H])c1ccc(-c2ccccc2)cc1C.[2H]C([2H])([2H])c1ccc(C)cc1-c1ccccc1. The summed E-state index contributed by atoms with van der Waals surface area (Å²) in [6.45, 7) is -18.9. The molecule has 0 fully saturated rings. The second-order valence-corrected chi connectivity index (χ2v) is 25.6. The van der Waals surface area contributed by atoms with Gasteiger partial charge in [-0.25, -0.2) is 0 Å². The summed E-state index contributed by atoms with van der Waals surface area (Å²) >= 11 is 0. The van der Waals surface area contributed by atoms with Gasteiger partial charge in [-0.2, -0.15) is 0 Å². The largest absolute Gasteiger partial charge is 0.0622 e. The topological polar surface area (TPSA) is 0 Å². The van der Waals surface area contributed by atoms with Crippen molar-refractivity contribution in [2.24, 2.45) is 0 Å². The Morgan fingerprint density at radius 2 is 0.602 bits per heavy atom. The van der Waals surface area contributed by atoms with E-state index in [1.54, 1.807) is 130 Å². The molecule has 0 aliphatic rings. The fourth-order valence-electron chi connectivity index (χ4n) is 11.0. The molecule has 0 atom stereocenters. The van der Waals surface area contributed by atoms with Crippen LogP contribution >= 0.6 is 0 Å². The molecule has 0 saturated carbocycles. The van der Waals surface area contributed by atoms with Gasteiger partial charge in [-0.05, 0) is 202 Å². The Kier molecular flexibility index (Phi) is 15.8. The van der Waals surface area contributed by atoms with Gasteiger partial charge in [0.1, 0.15) is 0 Å². The monoisotopic (exact) mass is 1390 g/mol. The maximum absolute atomic E-state index is 7.91. The number of benzene rings is 13. The number of aryl methyl sites for hydroxylation is 10. The highest BCUT2D eigenvalue weighted by Crippen LogP contribution is 2.35. The molecule has 0 radical (unpaired) electrons. The van der Waals surface area contributed by atoms with Gasteiger partial charge in [0, 0.05) is 50.7 Å². The first-order valence-electron chi connectivity index (χ1n) is 52.2. The third-order valence-corrected chi connectivity index (χ3v) is 16.4. The van der Waals surface area contributed by atoms with E-state index in [1.807, 2.05) is 217 Å². The third-order valence-electron chi connectivity index (χ3n) is 16.4. The van der Waals surface area contributed by atoms with Gasteiger partial charge >= 0.3 is 0 Å². The predicted octanol–water partition coefficient (Wildman–Crippen LogP) is 29.9. The van der Waals surface area contributed by atoms with Gasteiger partial charge in [-0.15, -0.1) is 0 Å². The van der Waals surface area contributed by atoms with E-state index in [2.05, 4.69) is 6.92 Å². The van der Waals surface area contributed by atoms with Crippen LogP contribution in [-0.2, 0) is 16.2 Å². The lowest BCUT2D eigenvalue weighted by Gasteiger charge is -2.23. The van der Waals surface area contributed by atoms with E-state index in [4.69, 9.17) is 50.7 Å². The van der Waals surface area contributed by atoms with Crippen molar-refractivity contribution in [3.05, 3.63) is 393 Å². The summed E-state index contributed by atoms with van der Waals surface area (Å²) in [6, 6.07) is 94.3. The van der Waals surface area contributed by atoms with Crippen molar-refractivity contribution in [2.45, 2.75) is 167 Å². The molecule has 13 aromatic rings. The van der Waals surface area contributed by atoms with Crippen LogP contribution in [0, 0.1) is 69.0 Å². The standard InChI is InChI=1S/3C17H20.3C14H14.C10H14/c1-13-10-15(14-8-6-5-7-9-14)12-16(11-13)17(2,3)4;1-13-12-15(14-8-6-5-7-9-14)10-11-16(13)17(2,3)4;1-13-10-11-16(17(2,3)4)15(12-13)14-8-6-5-7-9-14;1-11-8-12(2)10-14(9-11)13-6-4-3-5-7-13;1-11-8-9-14(10-12(11)2)13-6-4-3-5-7-13;1-11-8-9-12(2)14(10-11)13-6-4-3-5-7-13;1-8(2)10-6-4-9(3)5-7-10/h3*5-12H,1-4H3;3*3-10H,1-2H3;4-8H,1-3H3/i3*2D3,3D3,4D3;2*1D3;2D3;8D. The molecule has 0 aliphatic carbocycles. The lowest BCUT2D eigenvalue weighted by Crippen LogP contribution is -2.12. The summed E-state index contributed by atoms with van der Waals surface area (Å²) in [7, 11) is 0. The van der Waals surface area contributed by atoms with Crippen LogP contribution in [-0.4, -0.2) is 0 Å². The Hall–Kier alpha value is -10.1. The molecule has 0 heterocycles. The lowest BCUT2D eigenvalue weighted by molar-refractivity contribution is 0.586. The van der Waals surface area contributed by atoms with Crippen molar-refractivity contribution in [1.29, 1.82) is 0 Å². The summed E-state index contributed by atoms with van der Waals surface area (Å²) in [5.74, 6) is -0.465. The highest BCUT2D eigenvalue weighted by Gasteiger charge is 2.20. The Balaban J connectivity index is 0.000000225. The molecule has 0 nitrogen and oxygen atoms in total. The molecular weight excluding hydrogens is 1240 g/mol. The van der Waals surface area contributed by atoms with E-state index < -0.39 is 104 Å². The van der Waals surface area contributed by atoms with Gasteiger partial charge < -0.3 is 0 Å². The molecule has 13 aromatic carbocycles. The quantitative estimate of drug-likeness (QED) is 0.149. The van der Waals surface area contributed by atoms with E-state index in [0.717, 1.165) is 77.9 Å². The minimum Gasteiger partial charge on any atom is -0.0622 e. The maximum Gasteiger partial charge on any atom is 0.0347 e. The van der Waals surface area contributed by atoms with Crippen LogP contribution in [0.3, 0.4) is 0 Å².